The molecular weight excluding hydrogens is 290 g/mol. The molecule has 0 heterocycles. The number of carbonyl (C=O) groups excluding carboxylic acids is 2. The molecule has 23 heavy (non-hydrogen) atoms. The predicted molar refractivity (Wildman–Crippen MR) is 91.0 cm³/mol. The van der Waals surface area contributed by atoms with Crippen LogP contribution >= 0.6 is 0 Å². The van der Waals surface area contributed by atoms with Gasteiger partial charge in [0, 0.05) is 24.2 Å². The zero-order valence-corrected chi connectivity index (χ0v) is 13.4. The lowest BCUT2D eigenvalue weighted by molar-refractivity contribution is -0.114. The van der Waals surface area contributed by atoms with Crippen molar-refractivity contribution in [1.29, 1.82) is 0 Å². The lowest BCUT2D eigenvalue weighted by Gasteiger charge is -2.22. The SMILES string of the molecule is CC(=O)Nc1ccc(C#CCNC(=O)NC2CCCCC2)cc1. The van der Waals surface area contributed by atoms with E-state index in [9.17, 15) is 9.59 Å². The van der Waals surface area contributed by atoms with Crippen LogP contribution in [-0.4, -0.2) is 24.5 Å². The molecule has 5 heteroatoms. The smallest absolute Gasteiger partial charge is 0.315 e. The van der Waals surface area contributed by atoms with Crippen LogP contribution < -0.4 is 16.0 Å². The lowest BCUT2D eigenvalue weighted by Crippen LogP contribution is -2.42. The van der Waals surface area contributed by atoms with Gasteiger partial charge in [0.2, 0.25) is 5.91 Å². The molecule has 2 rings (SSSR count). The molecule has 1 aliphatic rings. The Morgan fingerprint density at radius 1 is 1.13 bits per heavy atom. The summed E-state index contributed by atoms with van der Waals surface area (Å²) < 4.78 is 0. The minimum Gasteiger partial charge on any atom is -0.335 e. The van der Waals surface area contributed by atoms with Gasteiger partial charge in [-0.3, -0.25) is 4.79 Å². The average Bonchev–Trinajstić information content (AvgIpc) is 2.53. The minimum absolute atomic E-state index is 0.1000. The maximum atomic E-state index is 11.7. The molecule has 0 atom stereocenters. The first-order valence-electron chi connectivity index (χ1n) is 8.04. The summed E-state index contributed by atoms with van der Waals surface area (Å²) in [5.74, 6) is 5.80. The monoisotopic (exact) mass is 313 g/mol. The highest BCUT2D eigenvalue weighted by Gasteiger charge is 2.14. The molecule has 0 aromatic heterocycles. The van der Waals surface area contributed by atoms with Crippen molar-refractivity contribution in [2.45, 2.75) is 45.1 Å². The quantitative estimate of drug-likeness (QED) is 0.751. The van der Waals surface area contributed by atoms with E-state index < -0.39 is 0 Å². The lowest BCUT2D eigenvalue weighted by atomic mass is 9.96. The summed E-state index contributed by atoms with van der Waals surface area (Å²) in [6, 6.07) is 7.43. The maximum Gasteiger partial charge on any atom is 0.315 e. The van der Waals surface area contributed by atoms with Gasteiger partial charge in [0.25, 0.3) is 0 Å². The zero-order chi connectivity index (χ0) is 16.5. The summed E-state index contributed by atoms with van der Waals surface area (Å²) in [6.07, 6.45) is 5.80. The second kappa shape index (κ2) is 8.84. The standard InChI is InChI=1S/C18H23N3O2/c1-14(22)20-17-11-9-15(10-12-17)6-5-13-19-18(23)21-16-7-3-2-4-8-16/h9-12,16H,2-4,7-8,13H2,1H3,(H,20,22)(H2,19,21,23). The number of nitrogens with one attached hydrogen (secondary N) is 3. The predicted octanol–water partition coefficient (Wildman–Crippen LogP) is 2.63. The molecule has 122 valence electrons. The van der Waals surface area contributed by atoms with E-state index in [2.05, 4.69) is 27.8 Å². The number of amides is 3. The van der Waals surface area contributed by atoms with E-state index in [0.717, 1.165) is 24.1 Å². The van der Waals surface area contributed by atoms with Crippen LogP contribution in [0.2, 0.25) is 0 Å². The number of carbonyl (C=O) groups is 2. The van der Waals surface area contributed by atoms with Crippen LogP contribution in [0.3, 0.4) is 0 Å². The highest BCUT2D eigenvalue weighted by molar-refractivity contribution is 5.88. The minimum atomic E-state index is -0.146. The summed E-state index contributed by atoms with van der Waals surface area (Å²) in [5, 5.41) is 8.44. The van der Waals surface area contributed by atoms with Gasteiger partial charge >= 0.3 is 6.03 Å². The molecule has 1 aliphatic carbocycles. The summed E-state index contributed by atoms with van der Waals surface area (Å²) in [4.78, 5) is 22.7. The average molecular weight is 313 g/mol. The van der Waals surface area contributed by atoms with Gasteiger partial charge in [0.05, 0.1) is 6.54 Å². The van der Waals surface area contributed by atoms with Gasteiger partial charge in [0.15, 0.2) is 0 Å². The number of anilines is 1. The van der Waals surface area contributed by atoms with Crippen LogP contribution in [-0.2, 0) is 4.79 Å². The van der Waals surface area contributed by atoms with Crippen molar-refractivity contribution in [2.75, 3.05) is 11.9 Å². The van der Waals surface area contributed by atoms with Gasteiger partial charge in [-0.05, 0) is 37.1 Å². The number of hydrogen-bond acceptors (Lipinski definition) is 2. The first kappa shape index (κ1) is 16.9. The molecule has 1 saturated carbocycles. The summed E-state index contributed by atoms with van der Waals surface area (Å²) in [6.45, 7) is 1.78. The molecule has 0 saturated heterocycles. The van der Waals surface area contributed by atoms with E-state index in [0.29, 0.717) is 12.6 Å². The Kier molecular flexibility index (Phi) is 6.49. The van der Waals surface area contributed by atoms with Crippen molar-refractivity contribution in [3.8, 4) is 11.8 Å². The van der Waals surface area contributed by atoms with Crippen molar-refractivity contribution in [3.63, 3.8) is 0 Å². The van der Waals surface area contributed by atoms with Crippen LogP contribution in [0.5, 0.6) is 0 Å². The maximum absolute atomic E-state index is 11.7. The van der Waals surface area contributed by atoms with E-state index in [1.165, 1.54) is 26.2 Å². The fourth-order valence-electron chi connectivity index (χ4n) is 2.59. The van der Waals surface area contributed by atoms with Crippen molar-refractivity contribution >= 4 is 17.6 Å². The van der Waals surface area contributed by atoms with Crippen molar-refractivity contribution in [2.24, 2.45) is 0 Å². The Bertz CT molecular complexity index is 593. The van der Waals surface area contributed by atoms with Crippen LogP contribution in [0.1, 0.15) is 44.6 Å². The number of benzene rings is 1. The van der Waals surface area contributed by atoms with E-state index in [1.54, 1.807) is 12.1 Å². The number of rotatable bonds is 3. The summed E-state index contributed by atoms with van der Waals surface area (Å²) in [5.41, 5.74) is 1.58. The van der Waals surface area contributed by atoms with E-state index in [-0.39, 0.29) is 11.9 Å². The topological polar surface area (TPSA) is 70.2 Å². The molecule has 0 radical (unpaired) electrons. The molecule has 0 unspecified atom stereocenters. The molecule has 3 amide bonds. The van der Waals surface area contributed by atoms with Gasteiger partial charge in [-0.2, -0.15) is 0 Å². The Hall–Kier alpha value is -2.48. The molecule has 1 aromatic carbocycles. The Morgan fingerprint density at radius 2 is 1.83 bits per heavy atom. The first-order chi connectivity index (χ1) is 11.1. The van der Waals surface area contributed by atoms with Crippen molar-refractivity contribution < 1.29 is 9.59 Å². The summed E-state index contributed by atoms with van der Waals surface area (Å²) >= 11 is 0. The van der Waals surface area contributed by atoms with Crippen LogP contribution in [0, 0.1) is 11.8 Å². The van der Waals surface area contributed by atoms with E-state index in [4.69, 9.17) is 0 Å². The van der Waals surface area contributed by atoms with Gasteiger partial charge in [-0.1, -0.05) is 31.1 Å². The normalized spacial score (nSPS) is 14.3. The molecule has 1 fully saturated rings. The molecule has 1 aromatic rings. The van der Waals surface area contributed by atoms with Crippen LogP contribution in [0.15, 0.2) is 24.3 Å². The first-order valence-corrected chi connectivity index (χ1v) is 8.04. The summed E-state index contributed by atoms with van der Waals surface area (Å²) in [7, 11) is 0. The van der Waals surface area contributed by atoms with Crippen molar-refractivity contribution in [1.82, 2.24) is 10.6 Å². The highest BCUT2D eigenvalue weighted by Crippen LogP contribution is 2.17. The zero-order valence-electron chi connectivity index (χ0n) is 13.4. The van der Waals surface area contributed by atoms with Crippen molar-refractivity contribution in [3.05, 3.63) is 29.8 Å². The Morgan fingerprint density at radius 3 is 2.48 bits per heavy atom. The molecule has 5 nitrogen and oxygen atoms in total. The largest absolute Gasteiger partial charge is 0.335 e. The fraction of sp³-hybridized carbons (Fsp3) is 0.444. The number of urea groups is 1. The second-order valence-corrected chi connectivity index (χ2v) is 5.72. The Balaban J connectivity index is 1.72. The van der Waals surface area contributed by atoms with Crippen LogP contribution in [0.4, 0.5) is 10.5 Å². The molecule has 0 spiro atoms. The van der Waals surface area contributed by atoms with Gasteiger partial charge in [-0.15, -0.1) is 0 Å². The molecule has 0 bridgehead atoms. The van der Waals surface area contributed by atoms with Gasteiger partial charge < -0.3 is 16.0 Å². The van der Waals surface area contributed by atoms with Crippen LogP contribution in [0.25, 0.3) is 0 Å². The molecule has 0 aliphatic heterocycles. The third kappa shape index (κ3) is 6.43. The highest BCUT2D eigenvalue weighted by atomic mass is 16.2. The third-order valence-electron chi connectivity index (χ3n) is 3.72. The number of hydrogen-bond donors (Lipinski definition) is 3. The third-order valence-corrected chi connectivity index (χ3v) is 3.72. The molecular formula is C18H23N3O2. The van der Waals surface area contributed by atoms with E-state index >= 15 is 0 Å². The van der Waals surface area contributed by atoms with Gasteiger partial charge in [-0.25, -0.2) is 4.79 Å². The Labute approximate surface area is 137 Å². The fourth-order valence-corrected chi connectivity index (χ4v) is 2.59. The molecule has 3 N–H and O–H groups in total. The second-order valence-electron chi connectivity index (χ2n) is 5.72. The van der Waals surface area contributed by atoms with E-state index in [1.807, 2.05) is 12.1 Å². The van der Waals surface area contributed by atoms with Gasteiger partial charge in [0.1, 0.15) is 0 Å².